The van der Waals surface area contributed by atoms with Crippen LogP contribution in [-0.2, 0) is 6.42 Å². The van der Waals surface area contributed by atoms with E-state index in [1.54, 1.807) is 0 Å². The SMILES string of the molecule is Nc1c(N)c(N)c2c(N)cccc2c1Cc1cccc2ccccc12. The van der Waals surface area contributed by atoms with Gasteiger partial charge in [-0.1, -0.05) is 54.6 Å². The molecule has 4 aromatic carbocycles. The summed E-state index contributed by atoms with van der Waals surface area (Å²) in [4.78, 5) is 0. The molecule has 0 spiro atoms. The maximum absolute atomic E-state index is 6.35. The molecule has 0 saturated carbocycles. The van der Waals surface area contributed by atoms with E-state index in [4.69, 9.17) is 22.9 Å². The maximum Gasteiger partial charge on any atom is 0.0791 e. The lowest BCUT2D eigenvalue weighted by molar-refractivity contribution is 1.24. The summed E-state index contributed by atoms with van der Waals surface area (Å²) in [6.45, 7) is 0. The molecule has 0 fully saturated rings. The molecule has 0 bridgehead atoms. The van der Waals surface area contributed by atoms with Crippen molar-refractivity contribution >= 4 is 44.3 Å². The third-order valence-corrected chi connectivity index (χ3v) is 4.84. The molecule has 0 aromatic heterocycles. The summed E-state index contributed by atoms with van der Waals surface area (Å²) in [5.41, 5.74) is 29.0. The van der Waals surface area contributed by atoms with Crippen molar-refractivity contribution in [3.05, 3.63) is 71.8 Å². The predicted molar refractivity (Wildman–Crippen MR) is 108 cm³/mol. The van der Waals surface area contributed by atoms with Gasteiger partial charge in [0.1, 0.15) is 0 Å². The molecular weight excluding hydrogens is 308 g/mol. The first-order chi connectivity index (χ1) is 12.1. The molecule has 0 amide bonds. The summed E-state index contributed by atoms with van der Waals surface area (Å²) >= 11 is 0. The van der Waals surface area contributed by atoms with Crippen molar-refractivity contribution in [2.75, 3.05) is 22.9 Å². The topological polar surface area (TPSA) is 104 Å². The van der Waals surface area contributed by atoms with Gasteiger partial charge in [0, 0.05) is 17.5 Å². The van der Waals surface area contributed by atoms with Gasteiger partial charge in [-0.15, -0.1) is 0 Å². The molecular formula is C21H20N4. The van der Waals surface area contributed by atoms with Crippen molar-refractivity contribution in [2.45, 2.75) is 6.42 Å². The van der Waals surface area contributed by atoms with Gasteiger partial charge < -0.3 is 22.9 Å². The molecule has 25 heavy (non-hydrogen) atoms. The third-order valence-electron chi connectivity index (χ3n) is 4.84. The fourth-order valence-corrected chi connectivity index (χ4v) is 3.54. The molecule has 124 valence electrons. The Morgan fingerprint density at radius 3 is 2.12 bits per heavy atom. The quantitative estimate of drug-likeness (QED) is 0.419. The highest BCUT2D eigenvalue weighted by Crippen LogP contribution is 2.40. The van der Waals surface area contributed by atoms with Crippen LogP contribution in [0.5, 0.6) is 0 Å². The Morgan fingerprint density at radius 2 is 1.28 bits per heavy atom. The first-order valence-electron chi connectivity index (χ1n) is 8.18. The Kier molecular flexibility index (Phi) is 3.39. The van der Waals surface area contributed by atoms with Crippen LogP contribution >= 0.6 is 0 Å². The molecule has 4 nitrogen and oxygen atoms in total. The van der Waals surface area contributed by atoms with Crippen LogP contribution in [0, 0.1) is 0 Å². The van der Waals surface area contributed by atoms with E-state index in [1.165, 1.54) is 16.3 Å². The zero-order valence-electron chi connectivity index (χ0n) is 13.8. The lowest BCUT2D eigenvalue weighted by atomic mass is 9.92. The normalized spacial score (nSPS) is 11.2. The largest absolute Gasteiger partial charge is 0.398 e. The van der Waals surface area contributed by atoms with Crippen LogP contribution in [-0.4, -0.2) is 0 Å². The second-order valence-corrected chi connectivity index (χ2v) is 6.30. The standard InChI is InChI=1S/C21H20N4/c22-17-10-4-9-15-16(19(23)21(25)20(24)18(15)17)11-13-7-3-6-12-5-1-2-8-14(12)13/h1-10H,11,22-25H2. The van der Waals surface area contributed by atoms with Crippen LogP contribution in [0.3, 0.4) is 0 Å². The first kappa shape index (κ1) is 15.1. The molecule has 4 heteroatoms. The van der Waals surface area contributed by atoms with Crippen LogP contribution in [0.2, 0.25) is 0 Å². The van der Waals surface area contributed by atoms with Gasteiger partial charge in [0.15, 0.2) is 0 Å². The van der Waals surface area contributed by atoms with Gasteiger partial charge in [0.05, 0.1) is 17.1 Å². The summed E-state index contributed by atoms with van der Waals surface area (Å²) < 4.78 is 0. The van der Waals surface area contributed by atoms with Crippen molar-refractivity contribution in [1.29, 1.82) is 0 Å². The highest BCUT2D eigenvalue weighted by atomic mass is 14.8. The van der Waals surface area contributed by atoms with Crippen LogP contribution in [0.15, 0.2) is 60.7 Å². The minimum atomic E-state index is 0.403. The summed E-state index contributed by atoms with van der Waals surface area (Å²) in [5.74, 6) is 0. The fourth-order valence-electron chi connectivity index (χ4n) is 3.54. The summed E-state index contributed by atoms with van der Waals surface area (Å²) in [6, 6.07) is 20.3. The van der Waals surface area contributed by atoms with E-state index in [1.807, 2.05) is 30.3 Å². The van der Waals surface area contributed by atoms with Crippen LogP contribution < -0.4 is 22.9 Å². The van der Waals surface area contributed by atoms with Gasteiger partial charge in [-0.05, 0) is 33.4 Å². The number of fused-ring (bicyclic) bond motifs is 2. The lowest BCUT2D eigenvalue weighted by Gasteiger charge is -2.17. The minimum absolute atomic E-state index is 0.403. The van der Waals surface area contributed by atoms with Crippen molar-refractivity contribution in [1.82, 2.24) is 0 Å². The number of benzene rings is 4. The van der Waals surface area contributed by atoms with Gasteiger partial charge in [0.25, 0.3) is 0 Å². The van der Waals surface area contributed by atoms with E-state index >= 15 is 0 Å². The van der Waals surface area contributed by atoms with Crippen molar-refractivity contribution in [3.8, 4) is 0 Å². The Morgan fingerprint density at radius 1 is 0.600 bits per heavy atom. The average Bonchev–Trinajstić information content (AvgIpc) is 2.63. The molecule has 8 N–H and O–H groups in total. The smallest absolute Gasteiger partial charge is 0.0791 e. The Labute approximate surface area is 146 Å². The predicted octanol–water partition coefficient (Wildman–Crippen LogP) is 3.91. The highest BCUT2D eigenvalue weighted by molar-refractivity contribution is 6.11. The highest BCUT2D eigenvalue weighted by Gasteiger charge is 2.16. The van der Waals surface area contributed by atoms with Gasteiger partial charge in [0.2, 0.25) is 0 Å². The molecule has 0 saturated heterocycles. The molecule has 4 rings (SSSR count). The summed E-state index contributed by atoms with van der Waals surface area (Å²) in [6.07, 6.45) is 0.664. The molecule has 0 heterocycles. The van der Waals surface area contributed by atoms with E-state index in [0.29, 0.717) is 29.2 Å². The summed E-state index contributed by atoms with van der Waals surface area (Å²) in [5, 5.41) is 4.14. The van der Waals surface area contributed by atoms with E-state index in [0.717, 1.165) is 16.3 Å². The molecule has 0 radical (unpaired) electrons. The Hall–Kier alpha value is -3.40. The van der Waals surface area contributed by atoms with E-state index in [-0.39, 0.29) is 0 Å². The number of nitrogen functional groups attached to an aromatic ring is 4. The van der Waals surface area contributed by atoms with Gasteiger partial charge in [-0.3, -0.25) is 0 Å². The van der Waals surface area contributed by atoms with Gasteiger partial charge in [-0.2, -0.15) is 0 Å². The van der Waals surface area contributed by atoms with Gasteiger partial charge in [-0.25, -0.2) is 0 Å². The van der Waals surface area contributed by atoms with E-state index < -0.39 is 0 Å². The van der Waals surface area contributed by atoms with Crippen molar-refractivity contribution in [2.24, 2.45) is 0 Å². The first-order valence-corrected chi connectivity index (χ1v) is 8.18. The lowest BCUT2D eigenvalue weighted by Crippen LogP contribution is -2.07. The zero-order valence-corrected chi connectivity index (χ0v) is 13.8. The monoisotopic (exact) mass is 328 g/mol. The van der Waals surface area contributed by atoms with Gasteiger partial charge >= 0.3 is 0 Å². The second-order valence-electron chi connectivity index (χ2n) is 6.30. The number of anilines is 4. The molecule has 0 aliphatic carbocycles. The number of hydrogen-bond acceptors (Lipinski definition) is 4. The Balaban J connectivity index is 2.00. The molecule has 0 unspecified atom stereocenters. The number of rotatable bonds is 2. The Bertz CT molecular complexity index is 1110. The van der Waals surface area contributed by atoms with Crippen LogP contribution in [0.4, 0.5) is 22.7 Å². The molecule has 0 aliphatic rings. The molecule has 0 aliphatic heterocycles. The third kappa shape index (κ3) is 2.31. The second kappa shape index (κ2) is 5.60. The fraction of sp³-hybridized carbons (Fsp3) is 0.0476. The van der Waals surface area contributed by atoms with E-state index in [9.17, 15) is 0 Å². The van der Waals surface area contributed by atoms with Crippen molar-refractivity contribution in [3.63, 3.8) is 0 Å². The average molecular weight is 328 g/mol. The van der Waals surface area contributed by atoms with Crippen molar-refractivity contribution < 1.29 is 0 Å². The molecule has 0 atom stereocenters. The van der Waals surface area contributed by atoms with Crippen LogP contribution in [0.1, 0.15) is 11.1 Å². The summed E-state index contributed by atoms with van der Waals surface area (Å²) in [7, 11) is 0. The number of nitrogens with two attached hydrogens (primary N) is 4. The minimum Gasteiger partial charge on any atom is -0.398 e. The maximum atomic E-state index is 6.35. The van der Waals surface area contributed by atoms with E-state index in [2.05, 4.69) is 30.3 Å². The molecule has 4 aromatic rings. The zero-order chi connectivity index (χ0) is 17.6. The number of hydrogen-bond donors (Lipinski definition) is 4. The van der Waals surface area contributed by atoms with Crippen LogP contribution in [0.25, 0.3) is 21.5 Å².